The Labute approximate surface area is 114 Å². The quantitative estimate of drug-likeness (QED) is 0.901. The summed E-state index contributed by atoms with van der Waals surface area (Å²) >= 11 is 1.58. The highest BCUT2D eigenvalue weighted by Crippen LogP contribution is 2.41. The van der Waals surface area contributed by atoms with E-state index in [0.29, 0.717) is 5.92 Å². The van der Waals surface area contributed by atoms with Crippen molar-refractivity contribution in [3.05, 3.63) is 28.5 Å². The van der Waals surface area contributed by atoms with E-state index < -0.39 is 0 Å². The molecule has 2 aromatic rings. The lowest BCUT2D eigenvalue weighted by molar-refractivity contribution is 0.246. The van der Waals surface area contributed by atoms with Gasteiger partial charge in [-0.1, -0.05) is 0 Å². The molecule has 7 heteroatoms. The van der Waals surface area contributed by atoms with E-state index in [1.54, 1.807) is 11.3 Å². The first-order valence-corrected chi connectivity index (χ1v) is 6.99. The fourth-order valence-electron chi connectivity index (χ4n) is 1.89. The van der Waals surface area contributed by atoms with Gasteiger partial charge >= 0.3 is 12.0 Å². The molecule has 1 aliphatic carbocycles. The van der Waals surface area contributed by atoms with E-state index in [2.05, 4.69) is 20.6 Å². The molecule has 0 saturated heterocycles. The molecule has 1 atom stereocenters. The number of nitrogens with one attached hydrogen (secondary N) is 2. The zero-order chi connectivity index (χ0) is 13.2. The summed E-state index contributed by atoms with van der Waals surface area (Å²) in [6.07, 6.45) is 5.15. The molecule has 2 N–H and O–H groups in total. The lowest BCUT2D eigenvalue weighted by atomic mass is 10.2. The Morgan fingerprint density at radius 3 is 3.00 bits per heavy atom. The first kappa shape index (κ1) is 12.2. The van der Waals surface area contributed by atoms with Crippen LogP contribution in [0.1, 0.15) is 29.6 Å². The zero-order valence-corrected chi connectivity index (χ0v) is 11.2. The summed E-state index contributed by atoms with van der Waals surface area (Å²) in [6, 6.07) is -0.136. The number of hydrogen-bond acceptors (Lipinski definition) is 5. The van der Waals surface area contributed by atoms with E-state index in [1.807, 2.05) is 12.3 Å². The average Bonchev–Trinajstić information content (AvgIpc) is 2.93. The number of aryl methyl sites for hydroxylation is 1. The number of anilines is 1. The molecule has 0 bridgehead atoms. The number of nitrogens with zero attached hydrogens (tertiary/aromatic N) is 2. The Kier molecular flexibility index (Phi) is 3.20. The Morgan fingerprint density at radius 2 is 2.42 bits per heavy atom. The third-order valence-electron chi connectivity index (χ3n) is 2.94. The average molecular weight is 278 g/mol. The number of hydrogen-bond donors (Lipinski definition) is 2. The van der Waals surface area contributed by atoms with Crippen LogP contribution >= 0.6 is 11.3 Å². The van der Waals surface area contributed by atoms with Crippen molar-refractivity contribution in [3.63, 3.8) is 0 Å². The maximum Gasteiger partial charge on any atom is 0.323 e. The number of carbonyl (C=O) groups is 1. The van der Waals surface area contributed by atoms with Gasteiger partial charge in [-0.15, -0.1) is 11.3 Å². The minimum atomic E-state index is -0.313. The molecule has 1 fully saturated rings. The number of amides is 2. The van der Waals surface area contributed by atoms with Crippen LogP contribution < -0.4 is 10.6 Å². The number of thiazole rings is 1. The number of urea groups is 1. The molecule has 0 spiro atoms. The third kappa shape index (κ3) is 2.93. The zero-order valence-electron chi connectivity index (χ0n) is 10.4. The van der Waals surface area contributed by atoms with Gasteiger partial charge in [0, 0.05) is 11.1 Å². The minimum absolute atomic E-state index is 0.0198. The van der Waals surface area contributed by atoms with Crippen molar-refractivity contribution in [1.29, 1.82) is 0 Å². The van der Waals surface area contributed by atoms with Gasteiger partial charge < -0.3 is 9.73 Å². The van der Waals surface area contributed by atoms with Crippen LogP contribution in [0.25, 0.3) is 0 Å². The van der Waals surface area contributed by atoms with Gasteiger partial charge in [0.1, 0.15) is 11.3 Å². The summed E-state index contributed by atoms with van der Waals surface area (Å²) in [5.74, 6) is 0.487. The summed E-state index contributed by atoms with van der Waals surface area (Å²) in [7, 11) is 0. The summed E-state index contributed by atoms with van der Waals surface area (Å²) in [5.41, 5.74) is 0.987. The standard InChI is InChI=1S/C12H14N4O2S/c1-7-6-19-10(14-7)9(8-2-3-8)15-11(17)16-12-13-4-5-18-12/h4-6,8-9H,2-3H2,1H3,(H2,13,15,16,17)/t9-/m0/s1. The van der Waals surface area contributed by atoms with Crippen molar-refractivity contribution in [2.45, 2.75) is 25.8 Å². The fourth-order valence-corrected chi connectivity index (χ4v) is 2.82. The largest absolute Gasteiger partial charge is 0.432 e. The molecule has 100 valence electrons. The van der Waals surface area contributed by atoms with Gasteiger partial charge in [0.25, 0.3) is 0 Å². The topological polar surface area (TPSA) is 80.0 Å². The van der Waals surface area contributed by atoms with Gasteiger partial charge in [-0.05, 0) is 25.7 Å². The molecule has 0 unspecified atom stereocenters. The van der Waals surface area contributed by atoms with Gasteiger partial charge in [0.15, 0.2) is 0 Å². The van der Waals surface area contributed by atoms with Crippen molar-refractivity contribution < 1.29 is 9.21 Å². The van der Waals surface area contributed by atoms with Gasteiger partial charge in [-0.25, -0.2) is 14.8 Å². The lowest BCUT2D eigenvalue weighted by Crippen LogP contribution is -2.33. The summed E-state index contributed by atoms with van der Waals surface area (Å²) < 4.78 is 4.98. The van der Waals surface area contributed by atoms with E-state index in [4.69, 9.17) is 4.42 Å². The van der Waals surface area contributed by atoms with Gasteiger partial charge in [-0.2, -0.15) is 0 Å². The molecule has 1 saturated carbocycles. The molecule has 1 aliphatic rings. The predicted octanol–water partition coefficient (Wildman–Crippen LogP) is 2.71. The minimum Gasteiger partial charge on any atom is -0.432 e. The third-order valence-corrected chi connectivity index (χ3v) is 3.98. The normalized spacial score (nSPS) is 16.1. The van der Waals surface area contributed by atoms with Crippen LogP contribution in [0.2, 0.25) is 0 Å². The van der Waals surface area contributed by atoms with Crippen molar-refractivity contribution in [2.24, 2.45) is 5.92 Å². The molecule has 0 aliphatic heterocycles. The highest BCUT2D eigenvalue weighted by molar-refractivity contribution is 7.09. The summed E-state index contributed by atoms with van der Waals surface area (Å²) in [4.78, 5) is 20.2. The van der Waals surface area contributed by atoms with E-state index >= 15 is 0 Å². The second-order valence-electron chi connectivity index (χ2n) is 4.58. The summed E-state index contributed by atoms with van der Waals surface area (Å²) in [6.45, 7) is 1.96. The van der Waals surface area contributed by atoms with Crippen molar-refractivity contribution in [1.82, 2.24) is 15.3 Å². The molecule has 19 heavy (non-hydrogen) atoms. The summed E-state index contributed by atoms with van der Waals surface area (Å²) in [5, 5.41) is 8.46. The first-order valence-electron chi connectivity index (χ1n) is 6.11. The molecule has 3 rings (SSSR count). The number of carbonyl (C=O) groups excluding carboxylic acids is 1. The molecule has 6 nitrogen and oxygen atoms in total. The van der Waals surface area contributed by atoms with Gasteiger partial charge in [0.05, 0.1) is 12.2 Å². The number of rotatable bonds is 4. The van der Waals surface area contributed by atoms with Crippen LogP contribution in [0.3, 0.4) is 0 Å². The smallest absolute Gasteiger partial charge is 0.323 e. The number of oxazole rings is 1. The Hall–Kier alpha value is -1.89. The monoisotopic (exact) mass is 278 g/mol. The van der Waals surface area contributed by atoms with Crippen LogP contribution in [-0.4, -0.2) is 16.0 Å². The molecule has 2 heterocycles. The van der Waals surface area contributed by atoms with Crippen LogP contribution in [0.5, 0.6) is 0 Å². The highest BCUT2D eigenvalue weighted by Gasteiger charge is 2.35. The molecule has 0 aromatic carbocycles. The Morgan fingerprint density at radius 1 is 1.58 bits per heavy atom. The highest BCUT2D eigenvalue weighted by atomic mass is 32.1. The maximum atomic E-state index is 11.9. The van der Waals surface area contributed by atoms with Crippen molar-refractivity contribution in [3.8, 4) is 0 Å². The molecule has 0 radical (unpaired) electrons. The SMILES string of the molecule is Cc1csc([C@@H](NC(=O)Nc2ncco2)C2CC2)n1. The molecule has 2 amide bonds. The van der Waals surface area contributed by atoms with Crippen LogP contribution in [0.15, 0.2) is 22.3 Å². The Balaban J connectivity index is 1.66. The van der Waals surface area contributed by atoms with Gasteiger partial charge in [0.2, 0.25) is 0 Å². The maximum absolute atomic E-state index is 11.9. The van der Waals surface area contributed by atoms with E-state index in [-0.39, 0.29) is 18.1 Å². The van der Waals surface area contributed by atoms with Crippen LogP contribution in [0, 0.1) is 12.8 Å². The van der Waals surface area contributed by atoms with E-state index in [0.717, 1.165) is 23.5 Å². The second kappa shape index (κ2) is 5.00. The van der Waals surface area contributed by atoms with Crippen LogP contribution in [-0.2, 0) is 0 Å². The first-order chi connectivity index (χ1) is 9.22. The van der Waals surface area contributed by atoms with E-state index in [9.17, 15) is 4.79 Å². The molecular formula is C12H14N4O2S. The second-order valence-corrected chi connectivity index (χ2v) is 5.47. The molecule has 2 aromatic heterocycles. The number of aromatic nitrogens is 2. The Bertz CT molecular complexity index is 562. The van der Waals surface area contributed by atoms with Crippen LogP contribution in [0.4, 0.5) is 10.8 Å². The predicted molar refractivity (Wildman–Crippen MR) is 71.0 cm³/mol. The fraction of sp³-hybridized carbons (Fsp3) is 0.417. The molecular weight excluding hydrogens is 264 g/mol. The van der Waals surface area contributed by atoms with Gasteiger partial charge in [-0.3, -0.25) is 5.32 Å². The van der Waals surface area contributed by atoms with E-state index in [1.165, 1.54) is 12.5 Å². The van der Waals surface area contributed by atoms with Crippen molar-refractivity contribution >= 4 is 23.4 Å². The lowest BCUT2D eigenvalue weighted by Gasteiger charge is -2.15. The van der Waals surface area contributed by atoms with Crippen molar-refractivity contribution in [2.75, 3.05) is 5.32 Å².